The van der Waals surface area contributed by atoms with E-state index in [1.54, 1.807) is 6.08 Å². The molecule has 0 heterocycles. The molecule has 2 atom stereocenters. The summed E-state index contributed by atoms with van der Waals surface area (Å²) in [5.41, 5.74) is 1.01. The molecule has 4 heteroatoms. The summed E-state index contributed by atoms with van der Waals surface area (Å²) in [5.74, 6) is 1.24. The first-order valence-corrected chi connectivity index (χ1v) is 13.9. The fraction of sp³-hybridized carbons (Fsp3) is 0.677. The summed E-state index contributed by atoms with van der Waals surface area (Å²) in [7, 11) is 0. The van der Waals surface area contributed by atoms with Gasteiger partial charge in [0, 0.05) is 12.5 Å². The van der Waals surface area contributed by atoms with E-state index in [2.05, 4.69) is 24.3 Å². The minimum absolute atomic E-state index is 0.111. The number of hydrogen-bond acceptors (Lipinski definition) is 4. The van der Waals surface area contributed by atoms with Crippen molar-refractivity contribution in [3.63, 3.8) is 0 Å². The third kappa shape index (κ3) is 5.22. The highest BCUT2D eigenvalue weighted by Crippen LogP contribution is 2.60. The van der Waals surface area contributed by atoms with Gasteiger partial charge in [-0.1, -0.05) is 50.5 Å². The minimum atomic E-state index is -0.493. The van der Waals surface area contributed by atoms with E-state index in [1.165, 1.54) is 44.1 Å². The highest BCUT2D eigenvalue weighted by molar-refractivity contribution is 5.87. The van der Waals surface area contributed by atoms with Crippen LogP contribution >= 0.6 is 0 Å². The lowest BCUT2D eigenvalue weighted by atomic mass is 9.52. The van der Waals surface area contributed by atoms with Crippen LogP contribution in [0.25, 0.3) is 6.08 Å². The molecule has 0 N–H and O–H groups in total. The smallest absolute Gasteiger partial charge is 0.331 e. The van der Waals surface area contributed by atoms with E-state index in [4.69, 9.17) is 9.47 Å². The van der Waals surface area contributed by atoms with E-state index in [0.717, 1.165) is 37.7 Å². The zero-order valence-electron chi connectivity index (χ0n) is 21.8. The molecule has 0 aliphatic heterocycles. The molecular formula is C31H42O4. The van der Waals surface area contributed by atoms with Gasteiger partial charge in [-0.2, -0.15) is 0 Å². The summed E-state index contributed by atoms with van der Waals surface area (Å²) >= 11 is 0. The molecule has 5 aliphatic rings. The molecule has 1 aromatic carbocycles. The molecule has 0 amide bonds. The maximum atomic E-state index is 13.0. The van der Waals surface area contributed by atoms with Gasteiger partial charge >= 0.3 is 11.9 Å². The first kappa shape index (κ1) is 24.6. The van der Waals surface area contributed by atoms with Gasteiger partial charge in [0.25, 0.3) is 0 Å². The van der Waals surface area contributed by atoms with Crippen LogP contribution in [-0.2, 0) is 19.1 Å². The van der Waals surface area contributed by atoms with E-state index in [1.807, 2.05) is 26.8 Å². The fourth-order valence-electron chi connectivity index (χ4n) is 7.54. The van der Waals surface area contributed by atoms with Crippen molar-refractivity contribution in [2.45, 2.75) is 115 Å². The normalized spacial score (nSPS) is 32.7. The van der Waals surface area contributed by atoms with Crippen LogP contribution in [0.15, 0.2) is 30.3 Å². The second-order valence-corrected chi connectivity index (χ2v) is 12.7. The van der Waals surface area contributed by atoms with Gasteiger partial charge in [-0.15, -0.1) is 0 Å². The summed E-state index contributed by atoms with van der Waals surface area (Å²) in [4.78, 5) is 25.9. The van der Waals surface area contributed by atoms with Crippen LogP contribution in [0.5, 0.6) is 0 Å². The van der Waals surface area contributed by atoms with Crippen molar-refractivity contribution >= 4 is 18.0 Å². The van der Waals surface area contributed by atoms with Crippen molar-refractivity contribution in [1.29, 1.82) is 0 Å². The van der Waals surface area contributed by atoms with Gasteiger partial charge in [0.05, 0.1) is 5.41 Å². The van der Waals surface area contributed by atoms with Crippen LogP contribution in [0.1, 0.15) is 115 Å². The zero-order chi connectivity index (χ0) is 24.7. The maximum Gasteiger partial charge on any atom is 0.331 e. The summed E-state index contributed by atoms with van der Waals surface area (Å²) in [5, 5.41) is 0. The van der Waals surface area contributed by atoms with Gasteiger partial charge in [-0.25, -0.2) is 4.79 Å². The lowest BCUT2D eigenvalue weighted by molar-refractivity contribution is -0.233. The van der Waals surface area contributed by atoms with Gasteiger partial charge in [-0.3, -0.25) is 4.79 Å². The number of carbonyl (C=O) groups excluding carboxylic acids is 2. The van der Waals surface area contributed by atoms with Crippen LogP contribution in [0.2, 0.25) is 0 Å². The lowest BCUT2D eigenvalue weighted by Crippen LogP contribution is -2.62. The topological polar surface area (TPSA) is 52.6 Å². The highest BCUT2D eigenvalue weighted by atomic mass is 16.6. The first-order chi connectivity index (χ1) is 16.7. The van der Waals surface area contributed by atoms with E-state index in [-0.39, 0.29) is 11.9 Å². The second kappa shape index (κ2) is 9.41. The molecule has 4 nitrogen and oxygen atoms in total. The average Bonchev–Trinajstić information content (AvgIpc) is 2.82. The molecule has 35 heavy (non-hydrogen) atoms. The Bertz CT molecular complexity index is 952. The Labute approximate surface area is 210 Å². The number of carbonyl (C=O) groups is 2. The quantitative estimate of drug-likeness (QED) is 0.303. The maximum absolute atomic E-state index is 13.0. The SMILES string of the molecule is CCC(C)(C)C(=O)OC12CC3CC(CC(OC(=O)/C=C/c4ccc(C5CCCCC5)cc4)(C3)C1)C2. The minimum Gasteiger partial charge on any atom is -0.458 e. The van der Waals surface area contributed by atoms with Crippen molar-refractivity contribution in [1.82, 2.24) is 0 Å². The van der Waals surface area contributed by atoms with Gasteiger partial charge in [-0.05, 0) is 100 Å². The third-order valence-electron chi connectivity index (χ3n) is 9.44. The Hall–Kier alpha value is -2.10. The number of benzene rings is 1. The summed E-state index contributed by atoms with van der Waals surface area (Å²) in [6.45, 7) is 5.94. The molecule has 0 saturated heterocycles. The fourth-order valence-corrected chi connectivity index (χ4v) is 7.54. The van der Waals surface area contributed by atoms with Crippen molar-refractivity contribution in [2.24, 2.45) is 17.3 Å². The molecule has 4 bridgehead atoms. The Morgan fingerprint density at radius 3 is 2.14 bits per heavy atom. The molecule has 5 saturated carbocycles. The molecule has 0 radical (unpaired) electrons. The Balaban J connectivity index is 1.23. The van der Waals surface area contributed by atoms with Gasteiger partial charge < -0.3 is 9.47 Å². The van der Waals surface area contributed by atoms with Crippen molar-refractivity contribution in [2.75, 3.05) is 0 Å². The predicted molar refractivity (Wildman–Crippen MR) is 138 cm³/mol. The molecule has 1 aromatic rings. The zero-order valence-corrected chi connectivity index (χ0v) is 21.8. The number of esters is 2. The van der Waals surface area contributed by atoms with Crippen LogP contribution in [-0.4, -0.2) is 23.1 Å². The Kier molecular flexibility index (Phi) is 6.61. The summed E-state index contributed by atoms with van der Waals surface area (Å²) in [6, 6.07) is 8.66. The lowest BCUT2D eigenvalue weighted by Gasteiger charge is -2.60. The van der Waals surface area contributed by atoms with Crippen LogP contribution in [0, 0.1) is 17.3 Å². The van der Waals surface area contributed by atoms with E-state index >= 15 is 0 Å². The standard InChI is InChI=1S/C31H42O4/c1-4-29(2,3)28(33)35-31-19-23-16-24(20-31)18-30(17-23,21-31)34-27(32)15-12-22-10-13-26(14-11-22)25-8-6-5-7-9-25/h10-15,23-25H,4-9,16-21H2,1-3H3/b15-12+. The van der Waals surface area contributed by atoms with E-state index in [0.29, 0.717) is 24.2 Å². The molecule has 5 fully saturated rings. The Morgan fingerprint density at radius 2 is 1.54 bits per heavy atom. The van der Waals surface area contributed by atoms with Crippen LogP contribution in [0.4, 0.5) is 0 Å². The largest absolute Gasteiger partial charge is 0.458 e. The molecule has 5 aliphatic carbocycles. The number of ether oxygens (including phenoxy) is 2. The second-order valence-electron chi connectivity index (χ2n) is 12.7. The number of rotatable bonds is 7. The van der Waals surface area contributed by atoms with Crippen molar-refractivity contribution in [3.05, 3.63) is 41.5 Å². The molecule has 0 aromatic heterocycles. The Morgan fingerprint density at radius 1 is 0.943 bits per heavy atom. The summed E-state index contributed by atoms with van der Waals surface area (Å²) in [6.07, 6.45) is 16.2. The molecule has 190 valence electrons. The molecule has 6 rings (SSSR count). The van der Waals surface area contributed by atoms with Gasteiger partial charge in [0.1, 0.15) is 11.2 Å². The van der Waals surface area contributed by atoms with Gasteiger partial charge in [0.2, 0.25) is 0 Å². The van der Waals surface area contributed by atoms with E-state index in [9.17, 15) is 9.59 Å². The molecule has 0 spiro atoms. The number of hydrogen-bond donors (Lipinski definition) is 0. The predicted octanol–water partition coefficient (Wildman–Crippen LogP) is 7.36. The first-order valence-electron chi connectivity index (χ1n) is 13.9. The average molecular weight is 479 g/mol. The van der Waals surface area contributed by atoms with Crippen molar-refractivity contribution in [3.8, 4) is 0 Å². The third-order valence-corrected chi connectivity index (χ3v) is 9.44. The highest BCUT2D eigenvalue weighted by Gasteiger charge is 2.61. The summed E-state index contributed by atoms with van der Waals surface area (Å²) < 4.78 is 12.4. The van der Waals surface area contributed by atoms with Crippen LogP contribution in [0.3, 0.4) is 0 Å². The van der Waals surface area contributed by atoms with Crippen LogP contribution < -0.4 is 0 Å². The molecular weight excluding hydrogens is 436 g/mol. The molecule has 2 unspecified atom stereocenters. The van der Waals surface area contributed by atoms with Gasteiger partial charge in [0.15, 0.2) is 0 Å². The monoisotopic (exact) mass is 478 g/mol. The van der Waals surface area contributed by atoms with Crippen molar-refractivity contribution < 1.29 is 19.1 Å². The van der Waals surface area contributed by atoms with E-state index < -0.39 is 16.6 Å².